The third-order valence-corrected chi connectivity index (χ3v) is 4.28. The lowest BCUT2D eigenvalue weighted by Gasteiger charge is -2.08. The van der Waals surface area contributed by atoms with Gasteiger partial charge in [0, 0.05) is 22.5 Å². The van der Waals surface area contributed by atoms with Crippen LogP contribution in [-0.4, -0.2) is 14.3 Å². The molecule has 2 aromatic heterocycles. The fourth-order valence-corrected chi connectivity index (χ4v) is 3.10. The average molecular weight is 331 g/mol. The third kappa shape index (κ3) is 2.87. The van der Waals surface area contributed by atoms with E-state index >= 15 is 0 Å². The first-order valence-corrected chi connectivity index (χ1v) is 8.20. The predicted molar refractivity (Wildman–Crippen MR) is 104 cm³/mol. The van der Waals surface area contributed by atoms with Gasteiger partial charge in [-0.2, -0.15) is 9.78 Å². The zero-order valence-corrected chi connectivity index (χ0v) is 14.7. The van der Waals surface area contributed by atoms with Gasteiger partial charge in [0.15, 0.2) is 0 Å². The zero-order valence-electron chi connectivity index (χ0n) is 14.7. The topological polar surface area (TPSA) is 39.8 Å². The van der Waals surface area contributed by atoms with Crippen LogP contribution in [0.25, 0.3) is 22.2 Å². The van der Waals surface area contributed by atoms with Gasteiger partial charge in [-0.1, -0.05) is 43.0 Å². The Morgan fingerprint density at radius 2 is 1.84 bits per heavy atom. The number of aryl methyl sites for hydroxylation is 2. The van der Waals surface area contributed by atoms with Crippen LogP contribution in [0.15, 0.2) is 72.2 Å². The molecule has 126 valence electrons. The van der Waals surface area contributed by atoms with Crippen LogP contribution in [0, 0.1) is 13.8 Å². The second kappa shape index (κ2) is 6.77. The molecule has 0 saturated carbocycles. The molecule has 0 aliphatic heterocycles. The molecule has 1 aromatic carbocycles. The molecule has 4 nitrogen and oxygen atoms in total. The maximum absolute atomic E-state index is 13.0. The van der Waals surface area contributed by atoms with Gasteiger partial charge in [0.1, 0.15) is 0 Å². The molecule has 3 aromatic rings. The lowest BCUT2D eigenvalue weighted by atomic mass is 10.2. The maximum atomic E-state index is 13.0. The Hall–Kier alpha value is -3.14. The number of benzene rings is 1. The maximum Gasteiger partial charge on any atom is 0.281 e. The summed E-state index contributed by atoms with van der Waals surface area (Å²) in [7, 11) is 0. The highest BCUT2D eigenvalue weighted by atomic mass is 16.1. The summed E-state index contributed by atoms with van der Waals surface area (Å²) in [6, 6.07) is 9.45. The van der Waals surface area contributed by atoms with Crippen molar-refractivity contribution in [1.82, 2.24) is 14.3 Å². The fraction of sp³-hybridized carbons (Fsp3) is 0.143. The summed E-state index contributed by atoms with van der Waals surface area (Å²) in [4.78, 5) is 13.0. The molecule has 0 amide bonds. The van der Waals surface area contributed by atoms with E-state index in [1.165, 1.54) is 4.68 Å². The van der Waals surface area contributed by atoms with Gasteiger partial charge in [-0.25, -0.2) is 0 Å². The summed E-state index contributed by atoms with van der Waals surface area (Å²) in [5.74, 6) is 0. The Kier molecular flexibility index (Phi) is 4.52. The molecule has 0 N–H and O–H groups in total. The molecular weight excluding hydrogens is 310 g/mol. The van der Waals surface area contributed by atoms with Crippen LogP contribution in [0.1, 0.15) is 18.3 Å². The highest BCUT2D eigenvalue weighted by Gasteiger charge is 2.17. The third-order valence-electron chi connectivity index (χ3n) is 4.28. The van der Waals surface area contributed by atoms with Crippen LogP contribution < -0.4 is 5.56 Å². The van der Waals surface area contributed by atoms with E-state index < -0.39 is 0 Å². The van der Waals surface area contributed by atoms with Gasteiger partial charge in [-0.3, -0.25) is 4.79 Å². The number of aromatic nitrogens is 3. The van der Waals surface area contributed by atoms with Crippen molar-refractivity contribution < 1.29 is 0 Å². The summed E-state index contributed by atoms with van der Waals surface area (Å²) >= 11 is 0. The summed E-state index contributed by atoms with van der Waals surface area (Å²) in [5.41, 5.74) is 3.29. The van der Waals surface area contributed by atoms with E-state index in [9.17, 15) is 4.79 Å². The van der Waals surface area contributed by atoms with Gasteiger partial charge >= 0.3 is 0 Å². The molecule has 3 rings (SSSR count). The zero-order chi connectivity index (χ0) is 18.0. The van der Waals surface area contributed by atoms with Gasteiger partial charge in [-0.05, 0) is 39.0 Å². The largest absolute Gasteiger partial charge is 0.318 e. The Labute approximate surface area is 147 Å². The van der Waals surface area contributed by atoms with Crippen molar-refractivity contribution in [3.05, 3.63) is 89.2 Å². The summed E-state index contributed by atoms with van der Waals surface area (Å²) in [5, 5.41) is 5.89. The minimum absolute atomic E-state index is 0.117. The molecule has 0 radical (unpaired) electrons. The number of fused-ring (bicyclic) bond motifs is 1. The van der Waals surface area contributed by atoms with Gasteiger partial charge < -0.3 is 4.57 Å². The number of para-hydroxylation sites is 1. The number of allylic oxidation sites excluding steroid dienone is 5. The van der Waals surface area contributed by atoms with Crippen molar-refractivity contribution in [2.75, 3.05) is 0 Å². The Balaban J connectivity index is 2.22. The first-order chi connectivity index (χ1) is 12.1. The van der Waals surface area contributed by atoms with E-state index in [1.807, 2.05) is 80.0 Å². The van der Waals surface area contributed by atoms with Crippen molar-refractivity contribution in [2.45, 2.75) is 20.8 Å². The predicted octanol–water partition coefficient (Wildman–Crippen LogP) is 4.41. The van der Waals surface area contributed by atoms with Crippen LogP contribution in [0.4, 0.5) is 0 Å². The van der Waals surface area contributed by atoms with E-state index in [4.69, 9.17) is 0 Å². The molecule has 0 aliphatic carbocycles. The molecule has 0 atom stereocenters. The van der Waals surface area contributed by atoms with Crippen molar-refractivity contribution in [2.24, 2.45) is 0 Å². The van der Waals surface area contributed by atoms with Gasteiger partial charge in [0.25, 0.3) is 5.56 Å². The molecule has 0 unspecified atom stereocenters. The molecule has 0 fully saturated rings. The molecule has 4 heteroatoms. The van der Waals surface area contributed by atoms with Crippen LogP contribution in [0.5, 0.6) is 0 Å². The summed E-state index contributed by atoms with van der Waals surface area (Å²) < 4.78 is 3.45. The Bertz CT molecular complexity index is 1050. The first-order valence-electron chi connectivity index (χ1n) is 8.20. The minimum Gasteiger partial charge on any atom is -0.318 e. The van der Waals surface area contributed by atoms with Crippen molar-refractivity contribution >= 4 is 16.5 Å². The highest BCUT2D eigenvalue weighted by Crippen LogP contribution is 2.25. The van der Waals surface area contributed by atoms with Crippen LogP contribution >= 0.6 is 0 Å². The quantitative estimate of drug-likeness (QED) is 0.665. The van der Waals surface area contributed by atoms with Gasteiger partial charge in [0.2, 0.25) is 0 Å². The molecule has 0 bridgehead atoms. The van der Waals surface area contributed by atoms with Crippen molar-refractivity contribution in [1.29, 1.82) is 0 Å². The monoisotopic (exact) mass is 331 g/mol. The molecular formula is C21H21N3O. The number of nitrogens with zero attached hydrogens (tertiary/aromatic N) is 3. The number of rotatable bonds is 4. The van der Waals surface area contributed by atoms with Crippen molar-refractivity contribution in [3.8, 4) is 5.69 Å². The fourth-order valence-electron chi connectivity index (χ4n) is 3.10. The van der Waals surface area contributed by atoms with E-state index in [0.717, 1.165) is 28.2 Å². The van der Waals surface area contributed by atoms with E-state index in [1.54, 1.807) is 6.20 Å². The second-order valence-corrected chi connectivity index (χ2v) is 5.87. The lowest BCUT2D eigenvalue weighted by Crippen LogP contribution is -2.21. The smallest absolute Gasteiger partial charge is 0.281 e. The molecule has 0 spiro atoms. The van der Waals surface area contributed by atoms with E-state index in [2.05, 4.69) is 11.7 Å². The first kappa shape index (κ1) is 16.7. The standard InChI is InChI=1S/C21H21N3O/c1-5-6-8-11-15(2)23-16(3)19-14-22-24(18-12-9-7-10-13-18)21(25)20(19)17(23)4/h5-14H,2H2,1,3-4H3/b6-5-,11-8-. The number of hydrogen-bond acceptors (Lipinski definition) is 2. The lowest BCUT2D eigenvalue weighted by molar-refractivity contribution is 0.821. The van der Waals surface area contributed by atoms with Crippen molar-refractivity contribution in [3.63, 3.8) is 0 Å². The van der Waals surface area contributed by atoms with Gasteiger partial charge in [-0.15, -0.1) is 0 Å². The van der Waals surface area contributed by atoms with Crippen LogP contribution in [-0.2, 0) is 0 Å². The average Bonchev–Trinajstić information content (AvgIpc) is 2.87. The SMILES string of the molecule is C=C(/C=C\C=C/C)n1c(C)c2cnn(-c3ccccc3)c(=O)c2c1C. The normalized spacial score (nSPS) is 11.8. The van der Waals surface area contributed by atoms with Crippen LogP contribution in [0.3, 0.4) is 0 Å². The minimum atomic E-state index is -0.117. The van der Waals surface area contributed by atoms with Gasteiger partial charge in [0.05, 0.1) is 17.3 Å². The number of hydrogen-bond donors (Lipinski definition) is 0. The second-order valence-electron chi connectivity index (χ2n) is 5.87. The summed E-state index contributed by atoms with van der Waals surface area (Å²) in [6.07, 6.45) is 9.53. The molecule has 25 heavy (non-hydrogen) atoms. The highest BCUT2D eigenvalue weighted by molar-refractivity contribution is 5.89. The molecule has 0 aliphatic rings. The van der Waals surface area contributed by atoms with E-state index in [-0.39, 0.29) is 5.56 Å². The summed E-state index contributed by atoms with van der Waals surface area (Å²) in [6.45, 7) is 10.0. The van der Waals surface area contributed by atoms with Crippen LogP contribution in [0.2, 0.25) is 0 Å². The molecule has 2 heterocycles. The Morgan fingerprint density at radius 3 is 2.52 bits per heavy atom. The Morgan fingerprint density at radius 1 is 1.12 bits per heavy atom. The van der Waals surface area contributed by atoms with E-state index in [0.29, 0.717) is 5.39 Å². The molecule has 0 saturated heterocycles.